The van der Waals surface area contributed by atoms with Gasteiger partial charge < -0.3 is 5.32 Å². The molecule has 0 aliphatic heterocycles. The van der Waals surface area contributed by atoms with Gasteiger partial charge in [-0.2, -0.15) is 0 Å². The second kappa shape index (κ2) is 8.67. The van der Waals surface area contributed by atoms with Crippen LogP contribution >= 0.6 is 0 Å². The Morgan fingerprint density at radius 2 is 1.53 bits per heavy atom. The highest BCUT2D eigenvalue weighted by atomic mass is 32.2. The van der Waals surface area contributed by atoms with Gasteiger partial charge in [0.1, 0.15) is 5.82 Å². The second-order valence-corrected chi connectivity index (χ2v) is 9.05. The first-order valence-electron chi connectivity index (χ1n) is 9.35. The van der Waals surface area contributed by atoms with Crippen LogP contribution in [-0.4, -0.2) is 20.6 Å². The molecule has 0 aliphatic rings. The number of rotatable bonds is 6. The molecule has 0 bridgehead atoms. The summed E-state index contributed by atoms with van der Waals surface area (Å²) >= 11 is 0. The van der Waals surface area contributed by atoms with Crippen LogP contribution in [0.15, 0.2) is 66.7 Å². The molecule has 0 spiro atoms. The van der Waals surface area contributed by atoms with Crippen molar-refractivity contribution in [3.05, 3.63) is 94.8 Å². The minimum atomic E-state index is -3.70. The molecular formula is C23H23FN2O3S. The van der Waals surface area contributed by atoms with Crippen LogP contribution in [0.4, 0.5) is 15.8 Å². The van der Waals surface area contributed by atoms with Gasteiger partial charge in [0.2, 0.25) is 10.0 Å². The molecule has 3 rings (SSSR count). The molecule has 0 aromatic heterocycles. The van der Waals surface area contributed by atoms with Crippen molar-refractivity contribution in [2.24, 2.45) is 0 Å². The topological polar surface area (TPSA) is 66.5 Å². The Balaban J connectivity index is 1.81. The van der Waals surface area contributed by atoms with Crippen molar-refractivity contribution in [1.29, 1.82) is 0 Å². The molecule has 30 heavy (non-hydrogen) atoms. The third kappa shape index (κ3) is 4.86. The molecule has 156 valence electrons. The smallest absolute Gasteiger partial charge is 0.255 e. The summed E-state index contributed by atoms with van der Waals surface area (Å²) in [6.07, 6.45) is 1.03. The molecule has 0 saturated carbocycles. The number of hydrogen-bond acceptors (Lipinski definition) is 3. The number of benzene rings is 3. The highest BCUT2D eigenvalue weighted by Crippen LogP contribution is 2.24. The van der Waals surface area contributed by atoms with E-state index in [1.165, 1.54) is 18.2 Å². The van der Waals surface area contributed by atoms with Gasteiger partial charge in [0, 0.05) is 11.3 Å². The van der Waals surface area contributed by atoms with Crippen molar-refractivity contribution in [3.63, 3.8) is 0 Å². The van der Waals surface area contributed by atoms with Gasteiger partial charge in [0.15, 0.2) is 0 Å². The number of amides is 1. The highest BCUT2D eigenvalue weighted by molar-refractivity contribution is 7.92. The second-order valence-electron chi connectivity index (χ2n) is 7.14. The SMILES string of the molecule is Cc1cccc(C)c1NC(=O)c1ccc(CN(c2ccccc2F)S(C)(=O)=O)cc1. The van der Waals surface area contributed by atoms with Gasteiger partial charge in [0.25, 0.3) is 5.91 Å². The zero-order valence-corrected chi connectivity index (χ0v) is 17.8. The Labute approximate surface area is 176 Å². The lowest BCUT2D eigenvalue weighted by molar-refractivity contribution is 0.102. The molecule has 0 saturated heterocycles. The average Bonchev–Trinajstić information content (AvgIpc) is 2.69. The quantitative estimate of drug-likeness (QED) is 0.623. The molecule has 3 aromatic rings. The predicted molar refractivity (Wildman–Crippen MR) is 118 cm³/mol. The fourth-order valence-electron chi connectivity index (χ4n) is 3.16. The van der Waals surface area contributed by atoms with E-state index in [2.05, 4.69) is 5.32 Å². The van der Waals surface area contributed by atoms with Gasteiger partial charge >= 0.3 is 0 Å². The molecule has 0 radical (unpaired) electrons. The molecule has 1 N–H and O–H groups in total. The molecule has 0 atom stereocenters. The highest BCUT2D eigenvalue weighted by Gasteiger charge is 2.21. The Morgan fingerprint density at radius 1 is 0.933 bits per heavy atom. The van der Waals surface area contributed by atoms with Crippen LogP contribution in [0.5, 0.6) is 0 Å². The van der Waals surface area contributed by atoms with Gasteiger partial charge in [-0.15, -0.1) is 0 Å². The number of aryl methyl sites for hydroxylation is 2. The Bertz CT molecular complexity index is 1160. The van der Waals surface area contributed by atoms with Crippen molar-refractivity contribution in [2.75, 3.05) is 15.9 Å². The number of halogens is 1. The van der Waals surface area contributed by atoms with Crippen molar-refractivity contribution in [2.45, 2.75) is 20.4 Å². The van der Waals surface area contributed by atoms with E-state index >= 15 is 0 Å². The summed E-state index contributed by atoms with van der Waals surface area (Å²) in [5.74, 6) is -0.874. The maximum atomic E-state index is 14.2. The first kappa shape index (κ1) is 21.5. The van der Waals surface area contributed by atoms with Crippen LogP contribution in [0.2, 0.25) is 0 Å². The Kier molecular flexibility index (Phi) is 6.22. The van der Waals surface area contributed by atoms with E-state index in [4.69, 9.17) is 0 Å². The van der Waals surface area contributed by atoms with E-state index in [0.717, 1.165) is 27.4 Å². The third-order valence-electron chi connectivity index (χ3n) is 4.78. The van der Waals surface area contributed by atoms with E-state index in [1.54, 1.807) is 30.3 Å². The molecule has 1 amide bonds. The van der Waals surface area contributed by atoms with Gasteiger partial charge in [-0.05, 0) is 54.8 Å². The summed E-state index contributed by atoms with van der Waals surface area (Å²) in [7, 11) is -3.70. The lowest BCUT2D eigenvalue weighted by atomic mass is 10.1. The zero-order chi connectivity index (χ0) is 21.9. The third-order valence-corrected chi connectivity index (χ3v) is 5.91. The molecular weight excluding hydrogens is 403 g/mol. The van der Waals surface area contributed by atoms with Crippen molar-refractivity contribution >= 4 is 27.3 Å². The monoisotopic (exact) mass is 426 g/mol. The van der Waals surface area contributed by atoms with Crippen LogP contribution < -0.4 is 9.62 Å². The van der Waals surface area contributed by atoms with E-state index in [0.29, 0.717) is 11.1 Å². The number of carbonyl (C=O) groups is 1. The maximum Gasteiger partial charge on any atom is 0.255 e. The van der Waals surface area contributed by atoms with Crippen molar-refractivity contribution in [3.8, 4) is 0 Å². The van der Waals surface area contributed by atoms with Crippen LogP contribution in [0.3, 0.4) is 0 Å². The summed E-state index contributed by atoms with van der Waals surface area (Å²) < 4.78 is 39.6. The summed E-state index contributed by atoms with van der Waals surface area (Å²) in [5.41, 5.74) is 3.76. The van der Waals surface area contributed by atoms with E-state index < -0.39 is 15.8 Å². The van der Waals surface area contributed by atoms with Gasteiger partial charge in [-0.25, -0.2) is 12.8 Å². The molecule has 3 aromatic carbocycles. The fraction of sp³-hybridized carbons (Fsp3) is 0.174. The van der Waals surface area contributed by atoms with Crippen molar-refractivity contribution < 1.29 is 17.6 Å². The minimum Gasteiger partial charge on any atom is -0.322 e. The molecule has 0 unspecified atom stereocenters. The summed E-state index contributed by atoms with van der Waals surface area (Å²) in [6, 6.07) is 18.1. The largest absolute Gasteiger partial charge is 0.322 e. The summed E-state index contributed by atoms with van der Waals surface area (Å²) in [6.45, 7) is 3.81. The first-order chi connectivity index (χ1) is 14.2. The molecule has 0 heterocycles. The van der Waals surface area contributed by atoms with Gasteiger partial charge in [0.05, 0.1) is 18.5 Å². The minimum absolute atomic E-state index is 0.0168. The normalized spacial score (nSPS) is 11.2. The number of hydrogen-bond donors (Lipinski definition) is 1. The van der Waals surface area contributed by atoms with Gasteiger partial charge in [-0.3, -0.25) is 9.10 Å². The lowest BCUT2D eigenvalue weighted by Crippen LogP contribution is -2.30. The molecule has 7 heteroatoms. The average molecular weight is 427 g/mol. The van der Waals surface area contributed by atoms with Crippen LogP contribution in [0.1, 0.15) is 27.0 Å². The number of nitrogens with zero attached hydrogens (tertiary/aromatic N) is 1. The zero-order valence-electron chi connectivity index (χ0n) is 17.0. The summed E-state index contributed by atoms with van der Waals surface area (Å²) in [5, 5.41) is 2.92. The molecule has 0 fully saturated rings. The number of nitrogens with one attached hydrogen (secondary N) is 1. The van der Waals surface area contributed by atoms with E-state index in [1.807, 2.05) is 32.0 Å². The first-order valence-corrected chi connectivity index (χ1v) is 11.2. The van der Waals surface area contributed by atoms with Crippen LogP contribution in [-0.2, 0) is 16.6 Å². The Morgan fingerprint density at radius 3 is 2.10 bits per heavy atom. The predicted octanol–water partition coefficient (Wildman–Crippen LogP) is 4.66. The lowest BCUT2D eigenvalue weighted by Gasteiger charge is -2.23. The standard InChI is InChI=1S/C23H23FN2O3S/c1-16-7-6-8-17(2)22(16)25-23(27)19-13-11-18(12-14-19)15-26(30(3,28)29)21-10-5-4-9-20(21)24/h4-14H,15H2,1-3H3,(H,25,27). The number of carbonyl (C=O) groups excluding carboxylic acids is 1. The maximum absolute atomic E-state index is 14.2. The number of anilines is 2. The molecule has 0 aliphatic carbocycles. The fourth-order valence-corrected chi connectivity index (χ4v) is 4.05. The Hall–Kier alpha value is -3.19. The van der Waals surface area contributed by atoms with Gasteiger partial charge in [-0.1, -0.05) is 42.5 Å². The number of sulfonamides is 1. The number of para-hydroxylation sites is 2. The summed E-state index contributed by atoms with van der Waals surface area (Å²) in [4.78, 5) is 12.6. The van der Waals surface area contributed by atoms with E-state index in [-0.39, 0.29) is 18.1 Å². The van der Waals surface area contributed by atoms with Crippen LogP contribution in [0.25, 0.3) is 0 Å². The molecule has 5 nitrogen and oxygen atoms in total. The van der Waals surface area contributed by atoms with E-state index in [9.17, 15) is 17.6 Å². The van der Waals surface area contributed by atoms with Crippen LogP contribution in [0, 0.1) is 19.7 Å². The van der Waals surface area contributed by atoms with Crippen molar-refractivity contribution in [1.82, 2.24) is 0 Å².